The van der Waals surface area contributed by atoms with Crippen molar-refractivity contribution in [2.45, 2.75) is 25.9 Å². The summed E-state index contributed by atoms with van der Waals surface area (Å²) in [5.41, 5.74) is 0.884. The molecule has 2 rings (SSSR count). The Hall–Kier alpha value is -0.940. The molecule has 98 valence electrons. The summed E-state index contributed by atoms with van der Waals surface area (Å²) in [6, 6.07) is 4.73. The second kappa shape index (κ2) is 5.80. The van der Waals surface area contributed by atoms with E-state index in [1.54, 1.807) is 0 Å². The summed E-state index contributed by atoms with van der Waals surface area (Å²) in [6.07, 6.45) is 0.766. The first-order chi connectivity index (χ1) is 8.60. The van der Waals surface area contributed by atoms with Crippen LogP contribution in [0.4, 0.5) is 4.39 Å². The Labute approximate surface area is 114 Å². The number of hydrogen-bond donors (Lipinski definition) is 1. The molecular formula is C13H16BrFN2O. The Kier molecular flexibility index (Phi) is 4.35. The second-order valence-electron chi connectivity index (χ2n) is 4.46. The third-order valence-corrected chi connectivity index (χ3v) is 3.59. The normalized spacial score (nSPS) is 20.8. The van der Waals surface area contributed by atoms with Crippen molar-refractivity contribution in [2.75, 3.05) is 13.1 Å². The number of halogens is 2. The van der Waals surface area contributed by atoms with Crippen molar-refractivity contribution in [3.05, 3.63) is 34.1 Å². The lowest BCUT2D eigenvalue weighted by atomic mass is 10.1. The number of rotatable bonds is 3. The molecule has 0 radical (unpaired) electrons. The highest BCUT2D eigenvalue weighted by molar-refractivity contribution is 9.10. The fraction of sp³-hybridized carbons (Fsp3) is 0.462. The molecule has 0 spiro atoms. The van der Waals surface area contributed by atoms with Crippen molar-refractivity contribution in [2.24, 2.45) is 0 Å². The molecule has 5 heteroatoms. The zero-order chi connectivity index (χ0) is 13.1. The van der Waals surface area contributed by atoms with E-state index in [1.165, 1.54) is 12.1 Å². The second-order valence-corrected chi connectivity index (χ2v) is 5.38. The van der Waals surface area contributed by atoms with E-state index in [0.29, 0.717) is 13.1 Å². The number of hydrogen-bond acceptors (Lipinski definition) is 2. The van der Waals surface area contributed by atoms with E-state index in [2.05, 4.69) is 26.1 Å². The van der Waals surface area contributed by atoms with E-state index in [1.807, 2.05) is 13.0 Å². The Bertz CT molecular complexity index is 432. The van der Waals surface area contributed by atoms with Gasteiger partial charge in [-0.15, -0.1) is 0 Å². The summed E-state index contributed by atoms with van der Waals surface area (Å²) >= 11 is 3.28. The fourth-order valence-corrected chi connectivity index (χ4v) is 2.84. The molecule has 18 heavy (non-hydrogen) atoms. The van der Waals surface area contributed by atoms with Crippen molar-refractivity contribution in [3.8, 4) is 0 Å². The Balaban J connectivity index is 2.14. The van der Waals surface area contributed by atoms with E-state index < -0.39 is 0 Å². The zero-order valence-corrected chi connectivity index (χ0v) is 11.8. The number of carbonyl (C=O) groups excluding carboxylic acids is 1. The maximum Gasteiger partial charge on any atom is 0.237 e. The van der Waals surface area contributed by atoms with Crippen molar-refractivity contribution < 1.29 is 9.18 Å². The summed E-state index contributed by atoms with van der Waals surface area (Å²) in [6.45, 7) is 4.05. The quantitative estimate of drug-likeness (QED) is 0.928. The van der Waals surface area contributed by atoms with Gasteiger partial charge < -0.3 is 5.32 Å². The van der Waals surface area contributed by atoms with Gasteiger partial charge in [0.15, 0.2) is 0 Å². The largest absolute Gasteiger partial charge is 0.353 e. The lowest BCUT2D eigenvalue weighted by molar-refractivity contribution is -0.129. The highest BCUT2D eigenvalue weighted by Gasteiger charge is 2.27. The van der Waals surface area contributed by atoms with Crippen LogP contribution in [-0.4, -0.2) is 29.9 Å². The number of benzene rings is 1. The molecule has 1 aliphatic rings. The van der Waals surface area contributed by atoms with Crippen LogP contribution < -0.4 is 5.32 Å². The monoisotopic (exact) mass is 314 g/mol. The predicted molar refractivity (Wildman–Crippen MR) is 71.6 cm³/mol. The van der Waals surface area contributed by atoms with E-state index in [4.69, 9.17) is 0 Å². The summed E-state index contributed by atoms with van der Waals surface area (Å²) in [4.78, 5) is 13.8. The van der Waals surface area contributed by atoms with Gasteiger partial charge in [-0.05, 0) is 30.2 Å². The predicted octanol–water partition coefficient (Wildman–Crippen LogP) is 2.30. The molecule has 1 fully saturated rings. The van der Waals surface area contributed by atoms with Gasteiger partial charge in [0.1, 0.15) is 5.82 Å². The van der Waals surface area contributed by atoms with Crippen molar-refractivity contribution in [3.63, 3.8) is 0 Å². The van der Waals surface area contributed by atoms with Gasteiger partial charge in [-0.1, -0.05) is 22.9 Å². The first-order valence-corrected chi connectivity index (χ1v) is 6.86. The molecule has 0 aromatic heterocycles. The van der Waals surface area contributed by atoms with E-state index >= 15 is 0 Å². The van der Waals surface area contributed by atoms with Crippen molar-refractivity contribution in [1.82, 2.24) is 10.2 Å². The minimum absolute atomic E-state index is 0.0687. The number of carbonyl (C=O) groups is 1. The van der Waals surface area contributed by atoms with Gasteiger partial charge in [0.05, 0.1) is 6.04 Å². The molecule has 0 aliphatic carbocycles. The average Bonchev–Trinajstić information content (AvgIpc) is 2.27. The number of piperazine rings is 1. The highest BCUT2D eigenvalue weighted by Crippen LogP contribution is 2.18. The molecule has 1 amide bonds. The molecule has 0 saturated carbocycles. The molecular weight excluding hydrogens is 299 g/mol. The first-order valence-electron chi connectivity index (χ1n) is 6.07. The molecule has 1 N–H and O–H groups in total. The van der Waals surface area contributed by atoms with Crippen LogP contribution in [0.3, 0.4) is 0 Å². The maximum atomic E-state index is 13.3. The molecule has 1 aromatic rings. The van der Waals surface area contributed by atoms with Gasteiger partial charge in [0.2, 0.25) is 5.91 Å². The van der Waals surface area contributed by atoms with Crippen LogP contribution in [0.25, 0.3) is 0 Å². The van der Waals surface area contributed by atoms with Gasteiger partial charge in [0.25, 0.3) is 0 Å². The van der Waals surface area contributed by atoms with E-state index in [9.17, 15) is 9.18 Å². The molecule has 1 aliphatic heterocycles. The van der Waals surface area contributed by atoms with Crippen LogP contribution >= 0.6 is 15.9 Å². The lowest BCUT2D eigenvalue weighted by Gasteiger charge is -2.34. The fourth-order valence-electron chi connectivity index (χ4n) is 2.33. The molecule has 1 saturated heterocycles. The van der Waals surface area contributed by atoms with Gasteiger partial charge in [-0.25, -0.2) is 4.39 Å². The SMILES string of the molecule is CCC1C(=O)NCCN1Cc1cc(F)cc(Br)c1. The number of nitrogens with zero attached hydrogens (tertiary/aromatic N) is 1. The molecule has 1 aromatic carbocycles. The summed E-state index contributed by atoms with van der Waals surface area (Å²) in [7, 11) is 0. The third kappa shape index (κ3) is 3.09. The molecule has 1 unspecified atom stereocenters. The molecule has 0 bridgehead atoms. The molecule has 3 nitrogen and oxygen atoms in total. The topological polar surface area (TPSA) is 32.3 Å². The number of amides is 1. The molecule has 1 atom stereocenters. The summed E-state index contributed by atoms with van der Waals surface area (Å²) < 4.78 is 14.0. The summed E-state index contributed by atoms with van der Waals surface area (Å²) in [5.74, 6) is -0.187. The highest BCUT2D eigenvalue weighted by atomic mass is 79.9. The minimum atomic E-state index is -0.256. The van der Waals surface area contributed by atoms with E-state index in [0.717, 1.165) is 23.0 Å². The van der Waals surface area contributed by atoms with Crippen LogP contribution in [0.1, 0.15) is 18.9 Å². The van der Waals surface area contributed by atoms with Crippen LogP contribution in [0, 0.1) is 5.82 Å². The van der Waals surface area contributed by atoms with Gasteiger partial charge >= 0.3 is 0 Å². The first kappa shape index (κ1) is 13.5. The lowest BCUT2D eigenvalue weighted by Crippen LogP contribution is -2.54. The van der Waals surface area contributed by atoms with Gasteiger partial charge in [-0.2, -0.15) is 0 Å². The van der Waals surface area contributed by atoms with Crippen LogP contribution in [-0.2, 0) is 11.3 Å². The standard InChI is InChI=1S/C13H16BrFN2O/c1-2-12-13(18)16-3-4-17(12)8-9-5-10(14)7-11(15)6-9/h5-7,12H,2-4,8H2,1H3,(H,16,18). The Morgan fingerprint density at radius 3 is 2.94 bits per heavy atom. The van der Waals surface area contributed by atoms with Gasteiger partial charge in [0, 0.05) is 24.1 Å². The van der Waals surface area contributed by atoms with Crippen molar-refractivity contribution in [1.29, 1.82) is 0 Å². The Morgan fingerprint density at radius 2 is 2.28 bits per heavy atom. The average molecular weight is 315 g/mol. The number of nitrogens with one attached hydrogen (secondary N) is 1. The van der Waals surface area contributed by atoms with E-state index in [-0.39, 0.29) is 17.8 Å². The van der Waals surface area contributed by atoms with Gasteiger partial charge in [-0.3, -0.25) is 9.69 Å². The molecule has 1 heterocycles. The Morgan fingerprint density at radius 1 is 1.50 bits per heavy atom. The zero-order valence-electron chi connectivity index (χ0n) is 10.2. The van der Waals surface area contributed by atoms with Crippen LogP contribution in [0.15, 0.2) is 22.7 Å². The van der Waals surface area contributed by atoms with Crippen LogP contribution in [0.5, 0.6) is 0 Å². The smallest absolute Gasteiger partial charge is 0.237 e. The maximum absolute atomic E-state index is 13.3. The van der Waals surface area contributed by atoms with Crippen LogP contribution in [0.2, 0.25) is 0 Å². The van der Waals surface area contributed by atoms with Crippen molar-refractivity contribution >= 4 is 21.8 Å². The summed E-state index contributed by atoms with van der Waals surface area (Å²) in [5, 5.41) is 2.86. The minimum Gasteiger partial charge on any atom is -0.353 e. The third-order valence-electron chi connectivity index (χ3n) is 3.14.